The van der Waals surface area contributed by atoms with Crippen LogP contribution in [0.15, 0.2) is 42.7 Å². The molecule has 6 heteroatoms. The predicted octanol–water partition coefficient (Wildman–Crippen LogP) is 2.58. The first kappa shape index (κ1) is 16.0. The summed E-state index contributed by atoms with van der Waals surface area (Å²) in [6, 6.07) is 8.59. The smallest absolute Gasteiger partial charge is 0.161 e. The third-order valence-electron chi connectivity index (χ3n) is 2.84. The van der Waals surface area contributed by atoms with Crippen LogP contribution in [0.4, 0.5) is 5.82 Å². The second-order valence-electron chi connectivity index (χ2n) is 4.28. The van der Waals surface area contributed by atoms with Crippen molar-refractivity contribution >= 4 is 5.82 Å². The van der Waals surface area contributed by atoms with Crippen LogP contribution in [0, 0.1) is 11.8 Å². The number of nitrogens with two attached hydrogens (primary N) is 1. The van der Waals surface area contributed by atoms with E-state index in [0.29, 0.717) is 16.8 Å². The quantitative estimate of drug-likeness (QED) is 0.600. The fraction of sp³-hybridized carbons (Fsp3) is 0.118. The van der Waals surface area contributed by atoms with E-state index in [-0.39, 0.29) is 11.6 Å². The number of nitrogens with one attached hydrogen (secondary N) is 1. The molecule has 2 heterocycles. The van der Waals surface area contributed by atoms with Gasteiger partial charge in [-0.3, -0.25) is 5.10 Å². The normalized spacial score (nSPS) is 9.30. The summed E-state index contributed by atoms with van der Waals surface area (Å²) in [5.41, 5.74) is 8.17. The molecule has 3 rings (SSSR count). The molecular formula is C17H17N5O. The highest BCUT2D eigenvalue weighted by molar-refractivity contribution is 5.69. The Balaban J connectivity index is 0.000000924. The molecule has 1 aromatic carbocycles. The molecule has 0 bridgehead atoms. The molecule has 0 amide bonds. The summed E-state index contributed by atoms with van der Waals surface area (Å²) in [6.07, 6.45) is 3.30. The monoisotopic (exact) mass is 307 g/mol. The predicted molar refractivity (Wildman–Crippen MR) is 89.5 cm³/mol. The van der Waals surface area contributed by atoms with Gasteiger partial charge in [0, 0.05) is 11.8 Å². The lowest BCUT2D eigenvalue weighted by Gasteiger charge is -2.04. The molecular weight excluding hydrogens is 290 g/mol. The van der Waals surface area contributed by atoms with E-state index < -0.39 is 0 Å². The van der Waals surface area contributed by atoms with E-state index in [2.05, 4.69) is 32.2 Å². The fourth-order valence-corrected chi connectivity index (χ4v) is 1.78. The number of hydrogen-bond donors (Lipinski definition) is 3. The summed E-state index contributed by atoms with van der Waals surface area (Å²) in [4.78, 5) is 0. The van der Waals surface area contributed by atoms with Gasteiger partial charge < -0.3 is 10.8 Å². The molecule has 6 nitrogen and oxygen atoms in total. The maximum absolute atomic E-state index is 9.86. The Morgan fingerprint density at radius 2 is 1.91 bits per heavy atom. The topological polar surface area (TPSA) is 101 Å². The Morgan fingerprint density at radius 3 is 2.61 bits per heavy atom. The van der Waals surface area contributed by atoms with Gasteiger partial charge in [-0.25, -0.2) is 0 Å². The molecule has 0 aliphatic heterocycles. The molecule has 0 saturated heterocycles. The highest BCUT2D eigenvalue weighted by Crippen LogP contribution is 2.27. The molecule has 23 heavy (non-hydrogen) atoms. The number of benzene rings is 1. The lowest BCUT2D eigenvalue weighted by atomic mass is 10.1. The van der Waals surface area contributed by atoms with E-state index in [9.17, 15) is 5.11 Å². The van der Waals surface area contributed by atoms with Crippen molar-refractivity contribution in [3.63, 3.8) is 0 Å². The van der Waals surface area contributed by atoms with Gasteiger partial charge in [0.1, 0.15) is 5.75 Å². The van der Waals surface area contributed by atoms with Crippen molar-refractivity contribution in [2.45, 2.75) is 13.8 Å². The Kier molecular flexibility index (Phi) is 5.31. The third kappa shape index (κ3) is 3.86. The minimum atomic E-state index is 0.130. The van der Waals surface area contributed by atoms with Crippen molar-refractivity contribution in [1.82, 2.24) is 20.4 Å². The summed E-state index contributed by atoms with van der Waals surface area (Å²) in [5, 5.41) is 24.2. The molecule has 4 N–H and O–H groups in total. The first-order chi connectivity index (χ1) is 11.2. The summed E-state index contributed by atoms with van der Waals surface area (Å²) in [5.74, 6) is 6.22. The van der Waals surface area contributed by atoms with Gasteiger partial charge in [0.05, 0.1) is 23.0 Å². The highest BCUT2D eigenvalue weighted by Gasteiger charge is 2.08. The van der Waals surface area contributed by atoms with E-state index in [1.807, 2.05) is 19.9 Å². The number of para-hydroxylation sites is 1. The molecule has 0 aliphatic rings. The number of aromatic amines is 1. The van der Waals surface area contributed by atoms with Crippen molar-refractivity contribution in [2.75, 3.05) is 5.73 Å². The molecule has 0 unspecified atom stereocenters. The molecule has 0 saturated carbocycles. The number of hydrogen-bond acceptors (Lipinski definition) is 5. The van der Waals surface area contributed by atoms with Crippen molar-refractivity contribution in [1.29, 1.82) is 0 Å². The summed E-state index contributed by atoms with van der Waals surface area (Å²) in [6.45, 7) is 4.00. The van der Waals surface area contributed by atoms with Crippen LogP contribution in [0.5, 0.6) is 5.75 Å². The molecule has 2 aromatic heterocycles. The van der Waals surface area contributed by atoms with Gasteiger partial charge in [0.2, 0.25) is 0 Å². The van der Waals surface area contributed by atoms with Crippen LogP contribution < -0.4 is 5.73 Å². The Bertz CT molecular complexity index is 832. The number of nitrogen functional groups attached to an aromatic ring is 1. The second-order valence-corrected chi connectivity index (χ2v) is 4.28. The number of aromatic hydroxyl groups is 1. The number of anilines is 1. The molecule has 116 valence electrons. The maximum Gasteiger partial charge on any atom is 0.161 e. The molecule has 3 aromatic rings. The zero-order valence-electron chi connectivity index (χ0n) is 12.9. The molecule has 0 fully saturated rings. The summed E-state index contributed by atoms with van der Waals surface area (Å²) >= 11 is 0. The minimum Gasteiger partial charge on any atom is -0.507 e. The Labute approximate surface area is 134 Å². The first-order valence-corrected chi connectivity index (χ1v) is 7.16. The van der Waals surface area contributed by atoms with Crippen LogP contribution in [-0.4, -0.2) is 25.5 Å². The maximum atomic E-state index is 9.86. The number of aromatic nitrogens is 4. The Morgan fingerprint density at radius 1 is 1.13 bits per heavy atom. The number of phenolic OH excluding ortho intramolecular Hbond substituents is 1. The first-order valence-electron chi connectivity index (χ1n) is 7.16. The van der Waals surface area contributed by atoms with E-state index in [0.717, 1.165) is 5.56 Å². The van der Waals surface area contributed by atoms with Gasteiger partial charge >= 0.3 is 0 Å². The second kappa shape index (κ2) is 7.61. The van der Waals surface area contributed by atoms with Gasteiger partial charge in [-0.05, 0) is 18.2 Å². The summed E-state index contributed by atoms with van der Waals surface area (Å²) in [7, 11) is 0. The van der Waals surface area contributed by atoms with E-state index >= 15 is 0 Å². The van der Waals surface area contributed by atoms with Gasteiger partial charge in [-0.1, -0.05) is 37.8 Å². The molecule has 0 aliphatic carbocycles. The van der Waals surface area contributed by atoms with Gasteiger partial charge in [0.25, 0.3) is 0 Å². The average molecular weight is 307 g/mol. The number of nitrogens with zero attached hydrogens (tertiary/aromatic N) is 3. The van der Waals surface area contributed by atoms with Crippen molar-refractivity contribution < 1.29 is 5.11 Å². The van der Waals surface area contributed by atoms with Gasteiger partial charge in [0.15, 0.2) is 5.82 Å². The molecule has 0 atom stereocenters. The number of rotatable bonds is 1. The number of H-pyrrole nitrogens is 1. The lowest BCUT2D eigenvalue weighted by molar-refractivity contribution is 0.477. The van der Waals surface area contributed by atoms with Crippen molar-refractivity contribution in [3.8, 4) is 28.8 Å². The van der Waals surface area contributed by atoms with Gasteiger partial charge in [-0.2, -0.15) is 5.10 Å². The molecule has 0 radical (unpaired) electrons. The standard InChI is InChI=1S/C15H11N5O.C2H6/c16-15-11(6-5-10-8-17-18-9-10)7-13(19-20-15)12-3-1-2-4-14(12)21;1-2/h1-4,7-9,21H,(H2,16,20)(H,17,18);1-2H3. The van der Waals surface area contributed by atoms with E-state index in [1.165, 1.54) is 0 Å². The molecule has 0 spiro atoms. The van der Waals surface area contributed by atoms with E-state index in [1.54, 1.807) is 36.7 Å². The largest absolute Gasteiger partial charge is 0.507 e. The SMILES string of the molecule is CC.Nc1nnc(-c2ccccc2O)cc1C#Cc1cn[nH]c1. The zero-order valence-corrected chi connectivity index (χ0v) is 12.9. The summed E-state index contributed by atoms with van der Waals surface area (Å²) < 4.78 is 0. The minimum absolute atomic E-state index is 0.130. The lowest BCUT2D eigenvalue weighted by Crippen LogP contribution is -1.99. The van der Waals surface area contributed by atoms with Crippen LogP contribution in [0.1, 0.15) is 25.0 Å². The highest BCUT2D eigenvalue weighted by atomic mass is 16.3. The van der Waals surface area contributed by atoms with E-state index in [4.69, 9.17) is 5.73 Å². The van der Waals surface area contributed by atoms with Crippen LogP contribution >= 0.6 is 0 Å². The van der Waals surface area contributed by atoms with Crippen LogP contribution in [0.2, 0.25) is 0 Å². The Hall–Kier alpha value is -3.33. The average Bonchev–Trinajstić information content (AvgIpc) is 3.10. The van der Waals surface area contributed by atoms with Gasteiger partial charge in [-0.15, -0.1) is 10.2 Å². The van der Waals surface area contributed by atoms with Crippen molar-refractivity contribution in [3.05, 3.63) is 53.9 Å². The van der Waals surface area contributed by atoms with Crippen LogP contribution in [-0.2, 0) is 0 Å². The zero-order chi connectivity index (χ0) is 16.7. The van der Waals surface area contributed by atoms with Crippen molar-refractivity contribution in [2.24, 2.45) is 0 Å². The van der Waals surface area contributed by atoms with Crippen LogP contribution in [0.25, 0.3) is 11.3 Å². The third-order valence-corrected chi connectivity index (χ3v) is 2.84. The number of phenols is 1. The fourth-order valence-electron chi connectivity index (χ4n) is 1.78. The van der Waals surface area contributed by atoms with Crippen LogP contribution in [0.3, 0.4) is 0 Å².